The Morgan fingerprint density at radius 1 is 1.00 bits per heavy atom. The van der Waals surface area contributed by atoms with Crippen LogP contribution in [0.1, 0.15) is 45.4 Å². The predicted molar refractivity (Wildman–Crippen MR) is 156 cm³/mol. The van der Waals surface area contributed by atoms with Crippen LogP contribution in [0, 0.1) is 6.92 Å². The van der Waals surface area contributed by atoms with Crippen LogP contribution in [-0.4, -0.2) is 63.9 Å². The lowest BCUT2D eigenvalue weighted by Gasteiger charge is -2.33. The molecule has 212 valence electrons. The molecule has 3 heterocycles. The average Bonchev–Trinajstić information content (AvgIpc) is 2.96. The third kappa shape index (κ3) is 7.17. The molecule has 1 saturated heterocycles. The molecule has 0 aliphatic carbocycles. The van der Waals surface area contributed by atoms with Gasteiger partial charge in [-0.2, -0.15) is 0 Å². The Balaban J connectivity index is 1.32. The Hall–Kier alpha value is -4.08. The van der Waals surface area contributed by atoms with Gasteiger partial charge in [-0.3, -0.25) is 14.7 Å². The van der Waals surface area contributed by atoms with Crippen molar-refractivity contribution in [2.75, 3.05) is 38.5 Å². The van der Waals surface area contributed by atoms with Crippen LogP contribution in [0.15, 0.2) is 73.2 Å². The lowest BCUT2D eigenvalue weighted by Crippen LogP contribution is -2.44. The maximum absolute atomic E-state index is 14.7. The van der Waals surface area contributed by atoms with Crippen LogP contribution in [-0.2, 0) is 18.9 Å². The summed E-state index contributed by atoms with van der Waals surface area (Å²) in [4.78, 5) is 30.9. The van der Waals surface area contributed by atoms with Gasteiger partial charge in [-0.1, -0.05) is 12.1 Å². The number of pyridine rings is 1. The fraction of sp³-hybridized carbons (Fsp3) is 0.312. The monoisotopic (exact) mass is 556 g/mol. The Morgan fingerprint density at radius 3 is 2.54 bits per heavy atom. The maximum Gasteiger partial charge on any atom is 0.270 e. The third-order valence-electron chi connectivity index (χ3n) is 7.45. The molecule has 0 spiro atoms. The number of nitrogens with zero attached hydrogens (tertiary/aromatic N) is 5. The second kappa shape index (κ2) is 12.2. The van der Waals surface area contributed by atoms with Crippen molar-refractivity contribution >= 4 is 11.6 Å². The number of aromatic nitrogens is 3. The maximum atomic E-state index is 14.7. The summed E-state index contributed by atoms with van der Waals surface area (Å²) < 4.78 is 29.3. The largest absolute Gasteiger partial charge is 0.322 e. The highest BCUT2D eigenvalue weighted by atomic mass is 19.3. The van der Waals surface area contributed by atoms with Crippen LogP contribution in [0.3, 0.4) is 0 Å². The van der Waals surface area contributed by atoms with Crippen LogP contribution in [0.4, 0.5) is 14.5 Å². The molecule has 0 unspecified atom stereocenters. The molecule has 2 aromatic carbocycles. The lowest BCUT2D eigenvalue weighted by atomic mass is 9.99. The number of hydrogen-bond donors (Lipinski definition) is 1. The quantitative estimate of drug-likeness (QED) is 0.307. The molecule has 1 aliphatic rings. The van der Waals surface area contributed by atoms with Gasteiger partial charge in [-0.05, 0) is 73.1 Å². The van der Waals surface area contributed by atoms with Crippen LogP contribution < -0.4 is 5.32 Å². The van der Waals surface area contributed by atoms with Crippen molar-refractivity contribution in [3.8, 4) is 11.3 Å². The Bertz CT molecular complexity index is 1510. The molecular weight excluding hydrogens is 522 g/mol. The molecule has 4 aromatic rings. The third-order valence-corrected chi connectivity index (χ3v) is 7.45. The van der Waals surface area contributed by atoms with Gasteiger partial charge in [-0.15, -0.1) is 0 Å². The summed E-state index contributed by atoms with van der Waals surface area (Å²) >= 11 is 0. The van der Waals surface area contributed by atoms with Gasteiger partial charge in [0.1, 0.15) is 5.82 Å². The van der Waals surface area contributed by atoms with Crippen molar-refractivity contribution in [3.05, 3.63) is 107 Å². The van der Waals surface area contributed by atoms with E-state index in [1.54, 1.807) is 36.8 Å². The highest BCUT2D eigenvalue weighted by Gasteiger charge is 2.29. The number of amides is 1. The van der Waals surface area contributed by atoms with Gasteiger partial charge in [0.15, 0.2) is 0 Å². The van der Waals surface area contributed by atoms with Gasteiger partial charge in [0.25, 0.3) is 11.8 Å². The topological polar surface area (TPSA) is 74.2 Å². The molecule has 7 nitrogen and oxygen atoms in total. The number of anilines is 1. The highest BCUT2D eigenvalue weighted by molar-refractivity contribution is 6.04. The van der Waals surface area contributed by atoms with Crippen LogP contribution >= 0.6 is 0 Å². The predicted octanol–water partition coefficient (Wildman–Crippen LogP) is 5.55. The first-order valence-corrected chi connectivity index (χ1v) is 13.7. The number of aryl methyl sites for hydroxylation is 1. The van der Waals surface area contributed by atoms with E-state index in [1.165, 1.54) is 6.07 Å². The smallest absolute Gasteiger partial charge is 0.270 e. The summed E-state index contributed by atoms with van der Waals surface area (Å²) in [6.07, 6.45) is 5.61. The molecule has 2 aromatic heterocycles. The van der Waals surface area contributed by atoms with Crippen molar-refractivity contribution < 1.29 is 13.6 Å². The fourth-order valence-corrected chi connectivity index (χ4v) is 4.98. The fourth-order valence-electron chi connectivity index (χ4n) is 4.98. The van der Waals surface area contributed by atoms with Gasteiger partial charge >= 0.3 is 0 Å². The first kappa shape index (κ1) is 28.4. The molecule has 5 rings (SSSR count). The van der Waals surface area contributed by atoms with Crippen LogP contribution in [0.25, 0.3) is 11.3 Å². The summed E-state index contributed by atoms with van der Waals surface area (Å²) in [5.74, 6) is -2.78. The van der Waals surface area contributed by atoms with E-state index >= 15 is 0 Å². The Kier molecular flexibility index (Phi) is 8.46. The number of nitrogens with one attached hydrogen (secondary N) is 1. The van der Waals surface area contributed by atoms with E-state index in [9.17, 15) is 13.6 Å². The molecular formula is C32H34F2N6O. The van der Waals surface area contributed by atoms with E-state index in [-0.39, 0.29) is 11.5 Å². The number of alkyl halides is 2. The first-order valence-electron chi connectivity index (χ1n) is 13.7. The van der Waals surface area contributed by atoms with Gasteiger partial charge in [0.05, 0.1) is 5.69 Å². The van der Waals surface area contributed by atoms with E-state index in [4.69, 9.17) is 0 Å². The molecule has 1 aliphatic heterocycles. The standard InChI is InChI=1S/C32H34F2N6O/c1-22-6-7-23(17-26(22)18-30-36-12-10-29(38-30)24-5-4-11-35-20-24)31(41)37-27-9-8-25(28(19-27)32(2,33)34)21-40-15-13-39(3)14-16-40/h4-12,17,19-20H,13-16,18,21H2,1-3H3,(H,37,41). The SMILES string of the molecule is Cc1ccc(C(=O)Nc2ccc(CN3CCN(C)CC3)c(C(C)(F)F)c2)cc1Cc1nccc(-c2cccnc2)n1. The van der Waals surface area contributed by atoms with E-state index in [0.29, 0.717) is 35.6 Å². The number of benzene rings is 2. The van der Waals surface area contributed by atoms with Crippen LogP contribution in [0.2, 0.25) is 0 Å². The zero-order valence-corrected chi connectivity index (χ0v) is 23.6. The second-order valence-electron chi connectivity index (χ2n) is 10.7. The summed E-state index contributed by atoms with van der Waals surface area (Å²) in [6, 6.07) is 15.8. The molecule has 1 fully saturated rings. The Labute approximate surface area is 239 Å². The van der Waals surface area contributed by atoms with Crippen molar-refractivity contribution in [2.24, 2.45) is 0 Å². The Morgan fingerprint density at radius 2 is 1.80 bits per heavy atom. The molecule has 0 radical (unpaired) electrons. The average molecular weight is 557 g/mol. The number of halogens is 2. The van der Waals surface area contributed by atoms with Crippen LogP contribution in [0.5, 0.6) is 0 Å². The van der Waals surface area contributed by atoms with Crippen molar-refractivity contribution in [3.63, 3.8) is 0 Å². The number of carbonyl (C=O) groups excluding carboxylic acids is 1. The number of piperazine rings is 1. The van der Waals surface area contributed by atoms with Gasteiger partial charge < -0.3 is 10.2 Å². The molecule has 9 heteroatoms. The number of carbonyl (C=O) groups is 1. The molecule has 0 bridgehead atoms. The molecule has 41 heavy (non-hydrogen) atoms. The van der Waals surface area contributed by atoms with E-state index in [1.807, 2.05) is 37.3 Å². The summed E-state index contributed by atoms with van der Waals surface area (Å²) in [7, 11) is 2.06. The highest BCUT2D eigenvalue weighted by Crippen LogP contribution is 2.33. The van der Waals surface area contributed by atoms with Crippen molar-refractivity contribution in [1.29, 1.82) is 0 Å². The molecule has 0 saturated carbocycles. The zero-order chi connectivity index (χ0) is 29.0. The molecule has 0 atom stereocenters. The second-order valence-corrected chi connectivity index (χ2v) is 10.7. The van der Waals surface area contributed by atoms with E-state index < -0.39 is 5.92 Å². The van der Waals surface area contributed by atoms with Crippen molar-refractivity contribution in [1.82, 2.24) is 24.8 Å². The minimum absolute atomic E-state index is 0.0653. The lowest BCUT2D eigenvalue weighted by molar-refractivity contribution is 0.0155. The minimum atomic E-state index is -3.04. The summed E-state index contributed by atoms with van der Waals surface area (Å²) in [5.41, 5.74) is 4.85. The molecule has 1 amide bonds. The number of likely N-dealkylation sites (N-methyl/N-ethyl adjacent to an activating group) is 1. The zero-order valence-electron chi connectivity index (χ0n) is 23.6. The summed E-state index contributed by atoms with van der Waals surface area (Å²) in [5, 5.41) is 2.82. The van der Waals surface area contributed by atoms with E-state index in [2.05, 4.69) is 37.1 Å². The van der Waals surface area contributed by atoms with Gasteiger partial charge in [0.2, 0.25) is 0 Å². The van der Waals surface area contributed by atoms with Gasteiger partial charge in [0, 0.05) is 87.0 Å². The first-order chi connectivity index (χ1) is 19.7. The molecule has 1 N–H and O–H groups in total. The van der Waals surface area contributed by atoms with E-state index in [0.717, 1.165) is 55.5 Å². The number of rotatable bonds is 8. The minimum Gasteiger partial charge on any atom is -0.322 e. The summed E-state index contributed by atoms with van der Waals surface area (Å²) in [6.45, 7) is 6.80. The number of hydrogen-bond acceptors (Lipinski definition) is 6. The van der Waals surface area contributed by atoms with Crippen molar-refractivity contribution in [2.45, 2.75) is 32.7 Å². The van der Waals surface area contributed by atoms with Gasteiger partial charge in [-0.25, -0.2) is 18.7 Å². The normalized spacial score (nSPS) is 14.7.